The van der Waals surface area contributed by atoms with E-state index in [9.17, 15) is 0 Å². The molecule has 0 aliphatic carbocycles. The number of hydrogen-bond acceptors (Lipinski definition) is 3. The normalized spacial score (nSPS) is 11.2. The minimum atomic E-state index is 0.641. The van der Waals surface area contributed by atoms with Gasteiger partial charge in [0.15, 0.2) is 0 Å². The lowest BCUT2D eigenvalue weighted by Crippen LogP contribution is -2.07. The molecular formula is C28H28N2O2. The van der Waals surface area contributed by atoms with E-state index in [-0.39, 0.29) is 0 Å². The highest BCUT2D eigenvalue weighted by atomic mass is 16.5. The fourth-order valence-corrected chi connectivity index (χ4v) is 3.72. The first kappa shape index (κ1) is 21.4. The van der Waals surface area contributed by atoms with Crippen LogP contribution in [0.5, 0.6) is 11.5 Å². The van der Waals surface area contributed by atoms with Gasteiger partial charge in [0.1, 0.15) is 17.3 Å². The van der Waals surface area contributed by atoms with Gasteiger partial charge in [-0.05, 0) is 60.4 Å². The Morgan fingerprint density at radius 2 is 1.72 bits per heavy atom. The molecule has 4 heteroatoms. The minimum Gasteiger partial charge on any atom is -0.497 e. The Balaban J connectivity index is 1.48. The molecule has 0 fully saturated rings. The van der Waals surface area contributed by atoms with E-state index in [0.29, 0.717) is 6.61 Å². The van der Waals surface area contributed by atoms with Gasteiger partial charge in [0, 0.05) is 6.54 Å². The van der Waals surface area contributed by atoms with Crippen molar-refractivity contribution < 1.29 is 9.47 Å². The smallest absolute Gasteiger partial charge is 0.133 e. The Kier molecular flexibility index (Phi) is 7.03. The van der Waals surface area contributed by atoms with E-state index >= 15 is 0 Å². The lowest BCUT2D eigenvalue weighted by Gasteiger charge is -2.11. The number of imidazole rings is 1. The molecule has 0 amide bonds. The molecule has 1 heterocycles. The summed E-state index contributed by atoms with van der Waals surface area (Å²) in [6.45, 7) is 5.30. The van der Waals surface area contributed by atoms with Gasteiger partial charge in [-0.15, -0.1) is 6.58 Å². The number of hydrogen-bond donors (Lipinski definition) is 0. The van der Waals surface area contributed by atoms with Crippen molar-refractivity contribution in [2.45, 2.75) is 19.4 Å². The summed E-state index contributed by atoms with van der Waals surface area (Å²) in [6.07, 6.45) is 7.75. The van der Waals surface area contributed by atoms with Crippen LogP contribution in [0.1, 0.15) is 23.4 Å². The number of aryl methyl sites for hydroxylation is 1. The molecule has 32 heavy (non-hydrogen) atoms. The number of para-hydroxylation sites is 3. The second-order valence-electron chi connectivity index (χ2n) is 7.52. The van der Waals surface area contributed by atoms with Crippen molar-refractivity contribution >= 4 is 23.2 Å². The average molecular weight is 425 g/mol. The fraction of sp³-hybridized carbons (Fsp3) is 0.179. The molecule has 0 radical (unpaired) electrons. The van der Waals surface area contributed by atoms with Crippen LogP contribution in [0.25, 0.3) is 23.2 Å². The van der Waals surface area contributed by atoms with E-state index < -0.39 is 0 Å². The summed E-state index contributed by atoms with van der Waals surface area (Å²) in [4.78, 5) is 4.84. The molecule has 1 aromatic heterocycles. The highest BCUT2D eigenvalue weighted by molar-refractivity contribution is 5.79. The predicted molar refractivity (Wildman–Crippen MR) is 132 cm³/mol. The third-order valence-corrected chi connectivity index (χ3v) is 5.35. The van der Waals surface area contributed by atoms with Gasteiger partial charge in [-0.3, -0.25) is 0 Å². The lowest BCUT2D eigenvalue weighted by atomic mass is 10.1. The topological polar surface area (TPSA) is 36.3 Å². The van der Waals surface area contributed by atoms with Crippen LogP contribution < -0.4 is 9.47 Å². The number of fused-ring (bicyclic) bond motifs is 1. The molecular weight excluding hydrogens is 396 g/mol. The van der Waals surface area contributed by atoms with Gasteiger partial charge < -0.3 is 14.0 Å². The monoisotopic (exact) mass is 424 g/mol. The van der Waals surface area contributed by atoms with Crippen molar-refractivity contribution in [1.82, 2.24) is 9.55 Å². The molecule has 0 spiro atoms. The fourth-order valence-electron chi connectivity index (χ4n) is 3.72. The van der Waals surface area contributed by atoms with Gasteiger partial charge in [-0.2, -0.15) is 0 Å². The van der Waals surface area contributed by atoms with Crippen LogP contribution in [-0.2, 0) is 13.0 Å². The quantitative estimate of drug-likeness (QED) is 0.218. The van der Waals surface area contributed by atoms with E-state index in [0.717, 1.165) is 53.3 Å². The molecule has 0 bridgehead atoms. The first-order chi connectivity index (χ1) is 15.8. The largest absolute Gasteiger partial charge is 0.497 e. The van der Waals surface area contributed by atoms with Crippen molar-refractivity contribution in [3.05, 3.63) is 102 Å². The van der Waals surface area contributed by atoms with Crippen LogP contribution in [-0.4, -0.2) is 23.3 Å². The predicted octanol–water partition coefficient (Wildman–Crippen LogP) is 6.41. The van der Waals surface area contributed by atoms with Crippen LogP contribution in [0.2, 0.25) is 0 Å². The number of aromatic nitrogens is 2. The Morgan fingerprint density at radius 1 is 0.938 bits per heavy atom. The van der Waals surface area contributed by atoms with Crippen molar-refractivity contribution in [1.29, 1.82) is 0 Å². The van der Waals surface area contributed by atoms with Crippen molar-refractivity contribution in [3.8, 4) is 11.5 Å². The van der Waals surface area contributed by atoms with Gasteiger partial charge in [0.2, 0.25) is 0 Å². The second kappa shape index (κ2) is 10.5. The van der Waals surface area contributed by atoms with Crippen LogP contribution in [0.15, 0.2) is 85.5 Å². The van der Waals surface area contributed by atoms with Gasteiger partial charge in [0.25, 0.3) is 0 Å². The van der Waals surface area contributed by atoms with E-state index in [4.69, 9.17) is 14.5 Å². The molecule has 0 aliphatic rings. The number of methoxy groups -OCH3 is 1. The van der Waals surface area contributed by atoms with E-state index in [1.807, 2.05) is 54.6 Å². The summed E-state index contributed by atoms with van der Waals surface area (Å²) in [6, 6.07) is 24.4. The zero-order chi connectivity index (χ0) is 22.2. The van der Waals surface area contributed by atoms with Crippen molar-refractivity contribution in [3.63, 3.8) is 0 Å². The first-order valence-electron chi connectivity index (χ1n) is 10.9. The molecule has 4 nitrogen and oxygen atoms in total. The molecule has 0 saturated carbocycles. The molecule has 0 unspecified atom stereocenters. The van der Waals surface area contributed by atoms with E-state index in [2.05, 4.69) is 47.6 Å². The van der Waals surface area contributed by atoms with Crippen molar-refractivity contribution in [2.24, 2.45) is 0 Å². The molecule has 0 saturated heterocycles. The minimum absolute atomic E-state index is 0.641. The molecule has 162 valence electrons. The summed E-state index contributed by atoms with van der Waals surface area (Å²) < 4.78 is 13.6. The number of allylic oxidation sites excluding steroid dienone is 1. The number of ether oxygens (including phenoxy) is 2. The number of nitrogens with zero attached hydrogens (tertiary/aromatic N) is 2. The zero-order valence-electron chi connectivity index (χ0n) is 18.4. The maximum Gasteiger partial charge on any atom is 0.133 e. The number of rotatable bonds is 10. The summed E-state index contributed by atoms with van der Waals surface area (Å²) >= 11 is 0. The Labute approximate surface area is 189 Å². The lowest BCUT2D eigenvalue weighted by molar-refractivity contribution is 0.300. The number of benzene rings is 3. The van der Waals surface area contributed by atoms with Crippen LogP contribution in [0.4, 0.5) is 0 Å². The molecule has 4 rings (SSSR count). The summed E-state index contributed by atoms with van der Waals surface area (Å²) in [5.74, 6) is 2.72. The van der Waals surface area contributed by atoms with Gasteiger partial charge in [-0.1, -0.05) is 54.6 Å². The zero-order valence-corrected chi connectivity index (χ0v) is 18.4. The molecule has 0 N–H and O–H groups in total. The standard InChI is InChI=1S/C28H28N2O2/c1-3-9-23-10-4-7-13-27(23)32-21-8-20-30-26-12-6-5-11-25(26)29-28(30)19-16-22-14-17-24(31-2)18-15-22/h3-7,10-19H,1,8-9,20-21H2,2H3/b19-16+. The third kappa shape index (κ3) is 5.09. The second-order valence-corrected chi connectivity index (χ2v) is 7.52. The highest BCUT2D eigenvalue weighted by Crippen LogP contribution is 2.21. The summed E-state index contributed by atoms with van der Waals surface area (Å²) in [5.41, 5.74) is 4.40. The average Bonchev–Trinajstić information content (AvgIpc) is 3.19. The molecule has 0 atom stereocenters. The van der Waals surface area contributed by atoms with Crippen molar-refractivity contribution in [2.75, 3.05) is 13.7 Å². The first-order valence-corrected chi connectivity index (χ1v) is 10.9. The Hall–Kier alpha value is -3.79. The maximum atomic E-state index is 6.08. The third-order valence-electron chi connectivity index (χ3n) is 5.35. The van der Waals surface area contributed by atoms with Crippen LogP contribution in [0, 0.1) is 0 Å². The Morgan fingerprint density at radius 3 is 2.53 bits per heavy atom. The molecule has 0 aliphatic heterocycles. The van der Waals surface area contributed by atoms with E-state index in [1.165, 1.54) is 5.56 Å². The van der Waals surface area contributed by atoms with Gasteiger partial charge in [0.05, 0.1) is 24.8 Å². The molecule has 3 aromatic carbocycles. The summed E-state index contributed by atoms with van der Waals surface area (Å²) in [5, 5.41) is 0. The van der Waals surface area contributed by atoms with E-state index in [1.54, 1.807) is 7.11 Å². The SMILES string of the molecule is C=CCc1ccccc1OCCCn1c(/C=C/c2ccc(OC)cc2)nc2ccccc21. The highest BCUT2D eigenvalue weighted by Gasteiger charge is 2.08. The van der Waals surface area contributed by atoms with Gasteiger partial charge >= 0.3 is 0 Å². The summed E-state index contributed by atoms with van der Waals surface area (Å²) in [7, 11) is 1.68. The van der Waals surface area contributed by atoms with Crippen LogP contribution >= 0.6 is 0 Å². The maximum absolute atomic E-state index is 6.08. The Bertz CT molecular complexity index is 1210. The van der Waals surface area contributed by atoms with Gasteiger partial charge in [-0.25, -0.2) is 4.98 Å². The molecule has 4 aromatic rings. The van der Waals surface area contributed by atoms with Crippen LogP contribution in [0.3, 0.4) is 0 Å².